The summed E-state index contributed by atoms with van der Waals surface area (Å²) in [7, 11) is -1.51. The topological polar surface area (TPSA) is 61.4 Å². The van der Waals surface area contributed by atoms with Gasteiger partial charge < -0.3 is 10.2 Å². The Morgan fingerprint density at radius 1 is 1.40 bits per heavy atom. The van der Waals surface area contributed by atoms with Crippen molar-refractivity contribution >= 4 is 21.4 Å². The van der Waals surface area contributed by atoms with Gasteiger partial charge in [-0.15, -0.1) is 11.3 Å². The third-order valence-corrected chi connectivity index (χ3v) is 7.22. The highest BCUT2D eigenvalue weighted by atomic mass is 32.2. The lowest BCUT2D eigenvalue weighted by Gasteiger charge is -2.44. The Kier molecular flexibility index (Phi) is 4.14. The molecule has 1 aromatic heterocycles. The summed E-state index contributed by atoms with van der Waals surface area (Å²) in [6, 6.07) is 1.85. The molecule has 0 amide bonds. The van der Waals surface area contributed by atoms with Crippen LogP contribution in [-0.2, 0) is 16.6 Å². The number of sulfonamides is 1. The number of fused-ring (bicyclic) bond motifs is 3. The zero-order valence-corrected chi connectivity index (χ0v) is 13.3. The second-order valence-corrected chi connectivity index (χ2v) is 8.52. The number of hydrogen-bond donors (Lipinski definition) is 2. The fraction of sp³-hybridized carbons (Fsp3) is 0.692. The Morgan fingerprint density at radius 2 is 2.15 bits per heavy atom. The van der Waals surface area contributed by atoms with Crippen LogP contribution < -0.4 is 10.0 Å². The van der Waals surface area contributed by atoms with Crippen molar-refractivity contribution in [1.29, 1.82) is 0 Å². The number of piperidine rings is 3. The van der Waals surface area contributed by atoms with Crippen molar-refractivity contribution < 1.29 is 8.42 Å². The Bertz CT molecular complexity index is 562. The highest BCUT2D eigenvalue weighted by Gasteiger charge is 2.36. The molecule has 2 bridgehead atoms. The van der Waals surface area contributed by atoms with Crippen molar-refractivity contribution in [2.24, 2.45) is 5.92 Å². The summed E-state index contributed by atoms with van der Waals surface area (Å²) in [6.45, 7) is 3.80. The Balaban J connectivity index is 1.71. The molecular weight excluding hydrogens is 294 g/mol. The third kappa shape index (κ3) is 2.92. The number of rotatable bonds is 5. The quantitative estimate of drug-likeness (QED) is 0.845. The number of thiophene rings is 1. The summed E-state index contributed by atoms with van der Waals surface area (Å²) in [5.74, 6) is 0.506. The molecule has 3 fully saturated rings. The first-order chi connectivity index (χ1) is 9.58. The molecule has 1 atom stereocenters. The van der Waals surface area contributed by atoms with Crippen LogP contribution in [0.3, 0.4) is 0 Å². The molecule has 3 aliphatic heterocycles. The Labute approximate surface area is 124 Å². The van der Waals surface area contributed by atoms with Crippen molar-refractivity contribution in [3.63, 3.8) is 0 Å². The minimum atomic E-state index is -3.37. The molecule has 0 radical (unpaired) electrons. The first kappa shape index (κ1) is 14.5. The maximum atomic E-state index is 12.5. The van der Waals surface area contributed by atoms with Crippen LogP contribution in [0, 0.1) is 5.92 Å². The lowest BCUT2D eigenvalue weighted by molar-refractivity contribution is 0.0827. The van der Waals surface area contributed by atoms with Crippen molar-refractivity contribution in [2.75, 3.05) is 26.7 Å². The molecule has 1 aromatic rings. The summed E-state index contributed by atoms with van der Waals surface area (Å²) < 4.78 is 28.3. The van der Waals surface area contributed by atoms with Gasteiger partial charge in [0.2, 0.25) is 10.0 Å². The average Bonchev–Trinajstić information content (AvgIpc) is 2.90. The lowest BCUT2D eigenvalue weighted by atomic mass is 9.85. The molecule has 5 nitrogen and oxygen atoms in total. The summed E-state index contributed by atoms with van der Waals surface area (Å²) in [5.41, 5.74) is 1.02. The molecule has 4 heterocycles. The highest BCUT2D eigenvalue weighted by Crippen LogP contribution is 2.29. The lowest BCUT2D eigenvalue weighted by Crippen LogP contribution is -2.57. The van der Waals surface area contributed by atoms with Gasteiger partial charge in [0, 0.05) is 19.1 Å². The van der Waals surface area contributed by atoms with Crippen LogP contribution in [-0.4, -0.2) is 46.0 Å². The van der Waals surface area contributed by atoms with Crippen molar-refractivity contribution in [2.45, 2.75) is 29.6 Å². The van der Waals surface area contributed by atoms with Crippen LogP contribution in [0.2, 0.25) is 0 Å². The zero-order valence-electron chi connectivity index (χ0n) is 11.6. The van der Waals surface area contributed by atoms with Crippen LogP contribution >= 0.6 is 11.3 Å². The van der Waals surface area contributed by atoms with E-state index < -0.39 is 10.0 Å². The molecular formula is C13H21N3O2S2. The van der Waals surface area contributed by atoms with Gasteiger partial charge in [-0.1, -0.05) is 0 Å². The van der Waals surface area contributed by atoms with Gasteiger partial charge in [-0.2, -0.15) is 0 Å². The first-order valence-corrected chi connectivity index (χ1v) is 9.41. The van der Waals surface area contributed by atoms with Gasteiger partial charge in [-0.05, 0) is 55.9 Å². The summed E-state index contributed by atoms with van der Waals surface area (Å²) in [6.07, 6.45) is 2.23. The van der Waals surface area contributed by atoms with E-state index in [0.29, 0.717) is 16.7 Å². The van der Waals surface area contributed by atoms with Gasteiger partial charge in [0.1, 0.15) is 4.21 Å². The molecule has 0 aliphatic carbocycles. The van der Waals surface area contributed by atoms with Gasteiger partial charge in [0.25, 0.3) is 0 Å². The maximum absolute atomic E-state index is 12.5. The standard InChI is InChI=1S/C13H21N3O2S2/c1-14-7-10-6-13(19-9-10)20(17,18)15-12-8-16-4-2-11(12)3-5-16/h6,9,11-12,14-15H,2-5,7-8H2,1H3. The minimum absolute atomic E-state index is 0.0809. The van der Waals surface area contributed by atoms with Crippen LogP contribution in [0.4, 0.5) is 0 Å². The summed E-state index contributed by atoms with van der Waals surface area (Å²) in [5, 5.41) is 4.94. The smallest absolute Gasteiger partial charge is 0.250 e. The molecule has 112 valence electrons. The van der Waals surface area contributed by atoms with Crippen LogP contribution in [0.1, 0.15) is 18.4 Å². The fourth-order valence-electron chi connectivity index (χ4n) is 3.15. The molecule has 3 saturated heterocycles. The third-order valence-electron chi connectivity index (χ3n) is 4.24. The molecule has 0 aromatic carbocycles. The van der Waals surface area contributed by atoms with E-state index in [2.05, 4.69) is 14.9 Å². The van der Waals surface area contributed by atoms with Crippen molar-refractivity contribution in [1.82, 2.24) is 14.9 Å². The molecule has 0 spiro atoms. The minimum Gasteiger partial charge on any atom is -0.316 e. The number of hydrogen-bond acceptors (Lipinski definition) is 5. The zero-order chi connectivity index (χ0) is 14.2. The largest absolute Gasteiger partial charge is 0.316 e. The van der Waals surface area contributed by atoms with E-state index in [0.717, 1.165) is 38.0 Å². The SMILES string of the molecule is CNCc1csc(S(=O)(=O)NC2CN3CCC2CC3)c1. The van der Waals surface area contributed by atoms with E-state index in [1.165, 1.54) is 11.3 Å². The van der Waals surface area contributed by atoms with Crippen LogP contribution in [0.5, 0.6) is 0 Å². The number of nitrogens with one attached hydrogen (secondary N) is 2. The van der Waals surface area contributed by atoms with Crippen molar-refractivity contribution in [3.05, 3.63) is 17.0 Å². The monoisotopic (exact) mass is 315 g/mol. The highest BCUT2D eigenvalue weighted by molar-refractivity contribution is 7.91. The fourth-order valence-corrected chi connectivity index (χ4v) is 5.67. The van der Waals surface area contributed by atoms with E-state index in [1.54, 1.807) is 6.07 Å². The number of nitrogens with zero attached hydrogens (tertiary/aromatic N) is 1. The summed E-state index contributed by atoms with van der Waals surface area (Å²) >= 11 is 1.30. The van der Waals surface area contributed by atoms with E-state index >= 15 is 0 Å². The predicted octanol–water partition coefficient (Wildman–Crippen LogP) is 0.840. The van der Waals surface area contributed by atoms with Gasteiger partial charge in [-0.25, -0.2) is 13.1 Å². The van der Waals surface area contributed by atoms with Crippen molar-refractivity contribution in [3.8, 4) is 0 Å². The molecule has 2 N–H and O–H groups in total. The van der Waals surface area contributed by atoms with Gasteiger partial charge in [0.05, 0.1) is 0 Å². The molecule has 1 unspecified atom stereocenters. The molecule has 3 aliphatic rings. The normalized spacial score (nSPS) is 29.8. The van der Waals surface area contributed by atoms with Gasteiger partial charge in [0.15, 0.2) is 0 Å². The van der Waals surface area contributed by atoms with Gasteiger partial charge >= 0.3 is 0 Å². The Hall–Kier alpha value is -0.470. The average molecular weight is 315 g/mol. The Morgan fingerprint density at radius 3 is 2.75 bits per heavy atom. The first-order valence-electron chi connectivity index (χ1n) is 7.05. The molecule has 7 heteroatoms. The second kappa shape index (κ2) is 5.73. The van der Waals surface area contributed by atoms with E-state index in [4.69, 9.17) is 0 Å². The summed E-state index contributed by atoms with van der Waals surface area (Å²) in [4.78, 5) is 2.36. The molecule has 4 rings (SSSR count). The molecule has 20 heavy (non-hydrogen) atoms. The van der Waals surface area contributed by atoms with Crippen LogP contribution in [0.25, 0.3) is 0 Å². The van der Waals surface area contributed by atoms with Crippen LogP contribution in [0.15, 0.2) is 15.7 Å². The molecule has 0 saturated carbocycles. The second-order valence-electron chi connectivity index (χ2n) is 5.67. The van der Waals surface area contributed by atoms with E-state index in [9.17, 15) is 8.42 Å². The van der Waals surface area contributed by atoms with E-state index in [1.807, 2.05) is 12.4 Å². The maximum Gasteiger partial charge on any atom is 0.250 e. The van der Waals surface area contributed by atoms with Gasteiger partial charge in [-0.3, -0.25) is 0 Å². The predicted molar refractivity (Wildman–Crippen MR) is 80.4 cm³/mol. The van der Waals surface area contributed by atoms with E-state index in [-0.39, 0.29) is 6.04 Å².